The van der Waals surface area contributed by atoms with Gasteiger partial charge in [-0.1, -0.05) is 218 Å². The van der Waals surface area contributed by atoms with Crippen LogP contribution in [0.3, 0.4) is 0 Å². The normalized spacial score (nSPS) is 13.8. The Hall–Kier alpha value is -1.17. The van der Waals surface area contributed by atoms with Crippen LogP contribution in [0.2, 0.25) is 0 Å². The van der Waals surface area contributed by atoms with Crippen molar-refractivity contribution in [1.29, 1.82) is 0 Å². The minimum Gasteiger partial charge on any atom is -0.394 e. The van der Waals surface area contributed by atoms with E-state index in [1.807, 2.05) is 6.08 Å². The van der Waals surface area contributed by atoms with Crippen LogP contribution in [-0.2, 0) is 4.79 Å². The lowest BCUT2D eigenvalue weighted by atomic mass is 10.0. The lowest BCUT2D eigenvalue weighted by Gasteiger charge is -2.21. The van der Waals surface area contributed by atoms with Crippen molar-refractivity contribution in [2.75, 3.05) is 6.61 Å². The highest BCUT2D eigenvalue weighted by molar-refractivity contribution is 5.76. The van der Waals surface area contributed by atoms with Gasteiger partial charge in [0.15, 0.2) is 0 Å². The summed E-state index contributed by atoms with van der Waals surface area (Å²) in [5.41, 5.74) is 0. The fourth-order valence-corrected chi connectivity index (χ4v) is 6.83. The van der Waals surface area contributed by atoms with Crippen LogP contribution in [0.4, 0.5) is 0 Å². The Balaban J connectivity index is 3.64. The number of allylic oxidation sites excluding steroid dienone is 3. The maximum atomic E-state index is 12.4. The highest BCUT2D eigenvalue weighted by Gasteiger charge is 2.20. The molecule has 0 rings (SSSR count). The summed E-state index contributed by atoms with van der Waals surface area (Å²) < 4.78 is 0. The van der Waals surface area contributed by atoms with Crippen LogP contribution in [0.25, 0.3) is 0 Å². The minimum absolute atomic E-state index is 0.00970. The third-order valence-corrected chi connectivity index (χ3v) is 10.2. The lowest BCUT2D eigenvalue weighted by Crippen LogP contribution is -2.45. The van der Waals surface area contributed by atoms with Gasteiger partial charge in [-0.05, 0) is 32.1 Å². The average molecular weight is 706 g/mol. The zero-order valence-corrected chi connectivity index (χ0v) is 33.5. The molecule has 3 unspecified atom stereocenters. The number of rotatable bonds is 40. The van der Waals surface area contributed by atoms with Crippen LogP contribution in [0.5, 0.6) is 0 Å². The van der Waals surface area contributed by atoms with Crippen molar-refractivity contribution in [3.05, 3.63) is 24.3 Å². The Morgan fingerprint density at radius 3 is 1.28 bits per heavy atom. The molecule has 0 aliphatic heterocycles. The van der Waals surface area contributed by atoms with Gasteiger partial charge in [-0.15, -0.1) is 0 Å². The molecule has 0 aromatic rings. The summed E-state index contributed by atoms with van der Waals surface area (Å²) in [6.07, 6.45) is 49.0. The molecule has 50 heavy (non-hydrogen) atoms. The SMILES string of the molecule is CCCCCCCCCC/C=C/CC/C=C/C(O)C(CO)NC(=O)CC(O)CCCCCCCCCCCCCCCCCCCCCCC. The molecule has 5 nitrogen and oxygen atoms in total. The van der Waals surface area contributed by atoms with E-state index in [9.17, 15) is 20.1 Å². The summed E-state index contributed by atoms with van der Waals surface area (Å²) in [6.45, 7) is 4.20. The Labute approximate surface area is 312 Å². The molecule has 0 bridgehead atoms. The molecule has 1 amide bonds. The van der Waals surface area contributed by atoms with Crippen LogP contribution in [0.15, 0.2) is 24.3 Å². The van der Waals surface area contributed by atoms with Gasteiger partial charge in [0.25, 0.3) is 0 Å². The van der Waals surface area contributed by atoms with Crippen LogP contribution in [-0.4, -0.2) is 46.1 Å². The number of amides is 1. The fourth-order valence-electron chi connectivity index (χ4n) is 6.83. The van der Waals surface area contributed by atoms with Gasteiger partial charge in [0, 0.05) is 0 Å². The third kappa shape index (κ3) is 36.6. The maximum Gasteiger partial charge on any atom is 0.222 e. The Morgan fingerprint density at radius 2 is 0.860 bits per heavy atom. The van der Waals surface area contributed by atoms with Crippen molar-refractivity contribution in [3.63, 3.8) is 0 Å². The predicted octanol–water partition coefficient (Wildman–Crippen LogP) is 12.6. The quantitative estimate of drug-likeness (QED) is 0.0377. The molecule has 296 valence electrons. The molecule has 0 aromatic carbocycles. The van der Waals surface area contributed by atoms with Crippen LogP contribution >= 0.6 is 0 Å². The second kappa shape index (κ2) is 40.6. The van der Waals surface area contributed by atoms with E-state index in [4.69, 9.17) is 0 Å². The smallest absolute Gasteiger partial charge is 0.222 e. The summed E-state index contributed by atoms with van der Waals surface area (Å²) in [6, 6.07) is -0.756. The molecule has 0 spiro atoms. The number of aliphatic hydroxyl groups excluding tert-OH is 3. The number of aliphatic hydroxyl groups is 3. The second-order valence-corrected chi connectivity index (χ2v) is 15.3. The second-order valence-electron chi connectivity index (χ2n) is 15.3. The van der Waals surface area contributed by atoms with Gasteiger partial charge >= 0.3 is 0 Å². The van der Waals surface area contributed by atoms with Gasteiger partial charge < -0.3 is 20.6 Å². The number of hydrogen-bond acceptors (Lipinski definition) is 4. The molecule has 0 aromatic heterocycles. The Kier molecular flexibility index (Phi) is 39.6. The summed E-state index contributed by atoms with van der Waals surface area (Å²) >= 11 is 0. The van der Waals surface area contributed by atoms with Crippen molar-refractivity contribution in [2.45, 2.75) is 250 Å². The van der Waals surface area contributed by atoms with Gasteiger partial charge in [-0.3, -0.25) is 4.79 Å². The standard InChI is InChI=1S/C45H87NO4/c1-3-5-7-9-11-13-15-17-19-20-21-22-23-24-25-26-28-30-32-34-36-38-42(48)40-45(50)46-43(41-47)44(49)39-37-35-33-31-29-27-18-16-14-12-10-8-6-4-2/h29,31,37,39,42-44,47-49H,3-28,30,32-36,38,40-41H2,1-2H3,(H,46,50)/b31-29+,39-37+. The van der Waals surface area contributed by atoms with E-state index in [0.717, 1.165) is 32.1 Å². The molecule has 0 saturated heterocycles. The largest absolute Gasteiger partial charge is 0.394 e. The summed E-state index contributed by atoms with van der Waals surface area (Å²) in [7, 11) is 0. The van der Waals surface area contributed by atoms with Crippen molar-refractivity contribution >= 4 is 5.91 Å². The molecule has 0 aliphatic rings. The number of hydrogen-bond donors (Lipinski definition) is 4. The van der Waals surface area contributed by atoms with E-state index in [2.05, 4.69) is 31.3 Å². The predicted molar refractivity (Wildman–Crippen MR) is 218 cm³/mol. The minimum atomic E-state index is -0.947. The van der Waals surface area contributed by atoms with Crippen molar-refractivity contribution in [1.82, 2.24) is 5.32 Å². The number of carbonyl (C=O) groups is 1. The van der Waals surface area contributed by atoms with Crippen LogP contribution in [0.1, 0.15) is 232 Å². The molecule has 0 heterocycles. The molecule has 0 radical (unpaired) electrons. The van der Waals surface area contributed by atoms with Gasteiger partial charge in [-0.25, -0.2) is 0 Å². The first-order chi connectivity index (χ1) is 24.5. The zero-order chi connectivity index (χ0) is 36.6. The molecule has 0 fully saturated rings. The molecule has 3 atom stereocenters. The first-order valence-corrected chi connectivity index (χ1v) is 22.1. The molecule has 0 aliphatic carbocycles. The van der Waals surface area contributed by atoms with Crippen molar-refractivity contribution in [3.8, 4) is 0 Å². The molecule has 4 N–H and O–H groups in total. The fraction of sp³-hybridized carbons (Fsp3) is 0.889. The average Bonchev–Trinajstić information content (AvgIpc) is 3.11. The summed E-state index contributed by atoms with van der Waals surface area (Å²) in [5.74, 6) is -0.323. The topological polar surface area (TPSA) is 89.8 Å². The monoisotopic (exact) mass is 706 g/mol. The molecular weight excluding hydrogens is 618 g/mol. The van der Waals surface area contributed by atoms with Crippen molar-refractivity contribution in [2.24, 2.45) is 0 Å². The van der Waals surface area contributed by atoms with Gasteiger partial charge in [0.05, 0.1) is 31.3 Å². The van der Waals surface area contributed by atoms with Crippen LogP contribution in [0, 0.1) is 0 Å². The number of unbranched alkanes of at least 4 members (excludes halogenated alkanes) is 29. The molecular formula is C45H87NO4. The van der Waals surface area contributed by atoms with Gasteiger partial charge in [0.2, 0.25) is 5.91 Å². The highest BCUT2D eigenvalue weighted by atomic mass is 16.3. The summed E-state index contributed by atoms with van der Waals surface area (Å²) in [5, 5.41) is 33.2. The molecule has 5 heteroatoms. The Bertz CT molecular complexity index is 739. The number of nitrogens with one attached hydrogen (secondary N) is 1. The summed E-state index contributed by atoms with van der Waals surface area (Å²) in [4.78, 5) is 12.4. The van der Waals surface area contributed by atoms with E-state index in [1.165, 1.54) is 173 Å². The van der Waals surface area contributed by atoms with Gasteiger partial charge in [-0.2, -0.15) is 0 Å². The lowest BCUT2D eigenvalue weighted by molar-refractivity contribution is -0.124. The van der Waals surface area contributed by atoms with E-state index in [0.29, 0.717) is 6.42 Å². The molecule has 0 saturated carbocycles. The van der Waals surface area contributed by atoms with Crippen LogP contribution < -0.4 is 5.32 Å². The van der Waals surface area contributed by atoms with E-state index >= 15 is 0 Å². The highest BCUT2D eigenvalue weighted by Crippen LogP contribution is 2.16. The first-order valence-electron chi connectivity index (χ1n) is 22.1. The van der Waals surface area contributed by atoms with E-state index in [-0.39, 0.29) is 18.9 Å². The van der Waals surface area contributed by atoms with E-state index < -0.39 is 18.2 Å². The Morgan fingerprint density at radius 1 is 0.500 bits per heavy atom. The third-order valence-electron chi connectivity index (χ3n) is 10.2. The number of carbonyl (C=O) groups excluding carboxylic acids is 1. The maximum absolute atomic E-state index is 12.4. The van der Waals surface area contributed by atoms with E-state index in [1.54, 1.807) is 6.08 Å². The van der Waals surface area contributed by atoms with Crippen molar-refractivity contribution < 1.29 is 20.1 Å². The zero-order valence-electron chi connectivity index (χ0n) is 33.5. The first kappa shape index (κ1) is 48.8. The van der Waals surface area contributed by atoms with Gasteiger partial charge in [0.1, 0.15) is 0 Å².